The lowest BCUT2D eigenvalue weighted by Gasteiger charge is -2.18. The van der Waals surface area contributed by atoms with Gasteiger partial charge >= 0.3 is 6.03 Å². The smallest absolute Gasteiger partial charge is 0.338 e. The maximum Gasteiger partial charge on any atom is 0.338 e. The third-order valence-corrected chi connectivity index (χ3v) is 1.97. The summed E-state index contributed by atoms with van der Waals surface area (Å²) in [7, 11) is 3.22. The van der Waals surface area contributed by atoms with Crippen LogP contribution in [0, 0.1) is 0 Å². The fourth-order valence-corrected chi connectivity index (χ4v) is 1.13. The molecular formula is C9H11ClN2O2. The topological polar surface area (TPSA) is 43.8 Å². The highest BCUT2D eigenvalue weighted by Crippen LogP contribution is 2.20. The van der Waals surface area contributed by atoms with Crippen molar-refractivity contribution in [2.75, 3.05) is 18.5 Å². The molecule has 0 fully saturated rings. The van der Waals surface area contributed by atoms with E-state index in [1.807, 2.05) is 0 Å². The number of urea groups is 1. The van der Waals surface area contributed by atoms with Gasteiger partial charge in [-0.1, -0.05) is 0 Å². The number of halogens is 1. The summed E-state index contributed by atoms with van der Waals surface area (Å²) in [6, 6.07) is 5.71. The zero-order valence-corrected chi connectivity index (χ0v) is 8.69. The highest BCUT2D eigenvalue weighted by atomic mass is 35.5. The van der Waals surface area contributed by atoms with E-state index in [1.54, 1.807) is 26.2 Å². The zero-order chi connectivity index (χ0) is 10.7. The van der Waals surface area contributed by atoms with E-state index in [0.717, 1.165) is 4.42 Å². The number of benzene rings is 1. The average Bonchev–Trinajstić information content (AvgIpc) is 2.16. The van der Waals surface area contributed by atoms with Gasteiger partial charge in [-0.25, -0.2) is 9.21 Å². The molecule has 0 atom stereocenters. The van der Waals surface area contributed by atoms with E-state index >= 15 is 0 Å². The Balaban J connectivity index is 2.84. The quantitative estimate of drug-likeness (QED) is 0.727. The number of phenols is 1. The van der Waals surface area contributed by atoms with Crippen molar-refractivity contribution in [3.8, 4) is 5.75 Å². The molecule has 0 saturated carbocycles. The normalized spacial score (nSPS) is 9.64. The number of anilines is 1. The number of carbonyl (C=O) groups excluding carboxylic acids is 1. The predicted octanol–water partition coefficient (Wildman–Crippen LogP) is 2.03. The first kappa shape index (κ1) is 10.7. The summed E-state index contributed by atoms with van der Waals surface area (Å²) in [4.78, 5) is 12.7. The minimum atomic E-state index is -0.336. The number of phenolic OH excluding ortho intramolecular Hbond substituents is 1. The number of hydrogen-bond acceptors (Lipinski definition) is 2. The van der Waals surface area contributed by atoms with Gasteiger partial charge in [0.25, 0.3) is 0 Å². The summed E-state index contributed by atoms with van der Waals surface area (Å²) in [6.45, 7) is 0. The van der Waals surface area contributed by atoms with Crippen molar-refractivity contribution in [2.24, 2.45) is 0 Å². The minimum Gasteiger partial charge on any atom is -0.508 e. The number of hydrogen-bond donors (Lipinski definition) is 1. The second-order valence-electron chi connectivity index (χ2n) is 2.97. The zero-order valence-electron chi connectivity index (χ0n) is 7.94. The summed E-state index contributed by atoms with van der Waals surface area (Å²) in [5, 5.41) is 9.03. The summed E-state index contributed by atoms with van der Waals surface area (Å²) in [5.41, 5.74) is 0.517. The SMILES string of the molecule is CN(C)C(=O)N(Cl)c1ccc(O)cc1. The lowest BCUT2D eigenvalue weighted by molar-refractivity contribution is 0.227. The molecule has 0 heterocycles. The maximum absolute atomic E-state index is 11.4. The monoisotopic (exact) mass is 214 g/mol. The van der Waals surface area contributed by atoms with Crippen LogP contribution in [-0.4, -0.2) is 30.1 Å². The Labute approximate surface area is 87.4 Å². The fourth-order valence-electron chi connectivity index (χ4n) is 0.870. The van der Waals surface area contributed by atoms with Crippen LogP contribution in [0.2, 0.25) is 0 Å². The summed E-state index contributed by atoms with van der Waals surface area (Å²) in [6.07, 6.45) is 0. The molecular weight excluding hydrogens is 204 g/mol. The van der Waals surface area contributed by atoms with Crippen LogP contribution in [0.1, 0.15) is 0 Å². The Morgan fingerprint density at radius 2 is 1.79 bits per heavy atom. The van der Waals surface area contributed by atoms with Gasteiger partial charge in [-0.05, 0) is 24.3 Å². The van der Waals surface area contributed by atoms with Crippen LogP contribution in [0.15, 0.2) is 24.3 Å². The van der Waals surface area contributed by atoms with E-state index < -0.39 is 0 Å². The first-order chi connectivity index (χ1) is 6.52. The summed E-state index contributed by atoms with van der Waals surface area (Å²) in [5.74, 6) is 0.135. The molecule has 0 aliphatic carbocycles. The van der Waals surface area contributed by atoms with Crippen LogP contribution >= 0.6 is 11.8 Å². The van der Waals surface area contributed by atoms with E-state index in [2.05, 4.69) is 0 Å². The third kappa shape index (κ3) is 2.29. The van der Waals surface area contributed by atoms with Gasteiger partial charge in [0.2, 0.25) is 0 Å². The Kier molecular flexibility index (Phi) is 3.19. The Morgan fingerprint density at radius 3 is 2.21 bits per heavy atom. The molecule has 0 spiro atoms. The first-order valence-corrected chi connectivity index (χ1v) is 4.32. The maximum atomic E-state index is 11.4. The van der Waals surface area contributed by atoms with Crippen molar-refractivity contribution in [3.63, 3.8) is 0 Å². The third-order valence-electron chi connectivity index (χ3n) is 1.63. The lowest BCUT2D eigenvalue weighted by atomic mass is 10.3. The van der Waals surface area contributed by atoms with Crippen molar-refractivity contribution in [2.45, 2.75) is 0 Å². The number of amides is 2. The van der Waals surface area contributed by atoms with Gasteiger partial charge in [-0.3, -0.25) is 0 Å². The van der Waals surface area contributed by atoms with E-state index in [9.17, 15) is 4.79 Å². The molecule has 1 N–H and O–H groups in total. The van der Waals surface area contributed by atoms with E-state index in [-0.39, 0.29) is 11.8 Å². The molecule has 0 aliphatic heterocycles. The number of carbonyl (C=O) groups is 1. The molecule has 0 aliphatic rings. The van der Waals surface area contributed by atoms with Gasteiger partial charge in [-0.15, -0.1) is 0 Å². The van der Waals surface area contributed by atoms with E-state index in [1.165, 1.54) is 17.0 Å². The molecule has 1 aromatic rings. The van der Waals surface area contributed by atoms with Gasteiger partial charge < -0.3 is 10.0 Å². The Hall–Kier alpha value is -1.42. The first-order valence-electron chi connectivity index (χ1n) is 3.98. The predicted molar refractivity (Wildman–Crippen MR) is 55.5 cm³/mol. The van der Waals surface area contributed by atoms with Crippen LogP contribution in [0.25, 0.3) is 0 Å². The van der Waals surface area contributed by atoms with Crippen molar-refractivity contribution in [1.29, 1.82) is 0 Å². The fraction of sp³-hybridized carbons (Fsp3) is 0.222. The molecule has 0 aromatic heterocycles. The van der Waals surface area contributed by atoms with Crippen LogP contribution in [0.5, 0.6) is 5.75 Å². The molecule has 76 valence electrons. The molecule has 1 rings (SSSR count). The molecule has 0 bridgehead atoms. The second-order valence-corrected chi connectivity index (χ2v) is 3.31. The lowest BCUT2D eigenvalue weighted by Crippen LogP contribution is -2.32. The van der Waals surface area contributed by atoms with E-state index in [0.29, 0.717) is 5.69 Å². The van der Waals surface area contributed by atoms with Crippen LogP contribution < -0.4 is 4.42 Å². The number of rotatable bonds is 1. The molecule has 0 radical (unpaired) electrons. The number of nitrogens with zero attached hydrogens (tertiary/aromatic N) is 2. The standard InChI is InChI=1S/C9H11ClN2O2/c1-11(2)9(14)12(10)7-3-5-8(13)6-4-7/h3-6,13H,1-2H3. The van der Waals surface area contributed by atoms with Gasteiger partial charge in [0, 0.05) is 25.9 Å². The van der Waals surface area contributed by atoms with Gasteiger partial charge in [-0.2, -0.15) is 0 Å². The van der Waals surface area contributed by atoms with Crippen molar-refractivity contribution < 1.29 is 9.90 Å². The molecule has 1 aromatic carbocycles. The molecule has 4 nitrogen and oxygen atoms in total. The highest BCUT2D eigenvalue weighted by molar-refractivity contribution is 6.36. The van der Waals surface area contributed by atoms with Gasteiger partial charge in [0.05, 0.1) is 5.69 Å². The Bertz CT molecular complexity index is 324. The Morgan fingerprint density at radius 1 is 1.29 bits per heavy atom. The van der Waals surface area contributed by atoms with Gasteiger partial charge in [0.15, 0.2) is 0 Å². The molecule has 0 unspecified atom stereocenters. The number of aromatic hydroxyl groups is 1. The van der Waals surface area contributed by atoms with Crippen LogP contribution in [0.3, 0.4) is 0 Å². The molecule has 14 heavy (non-hydrogen) atoms. The molecule has 2 amide bonds. The molecule has 5 heteroatoms. The minimum absolute atomic E-state index is 0.135. The van der Waals surface area contributed by atoms with Crippen molar-refractivity contribution >= 4 is 23.5 Å². The van der Waals surface area contributed by atoms with Gasteiger partial charge in [0.1, 0.15) is 5.75 Å². The van der Waals surface area contributed by atoms with Crippen LogP contribution in [-0.2, 0) is 0 Å². The summed E-state index contributed by atoms with van der Waals surface area (Å²) < 4.78 is 0.986. The second kappa shape index (κ2) is 4.19. The van der Waals surface area contributed by atoms with Crippen molar-refractivity contribution in [1.82, 2.24) is 4.90 Å². The summed E-state index contributed by atoms with van der Waals surface area (Å²) >= 11 is 5.76. The molecule has 0 saturated heterocycles. The average molecular weight is 215 g/mol. The van der Waals surface area contributed by atoms with Crippen LogP contribution in [0.4, 0.5) is 10.5 Å². The largest absolute Gasteiger partial charge is 0.508 e. The van der Waals surface area contributed by atoms with Crippen molar-refractivity contribution in [3.05, 3.63) is 24.3 Å². The van der Waals surface area contributed by atoms with E-state index in [4.69, 9.17) is 16.9 Å². The highest BCUT2D eigenvalue weighted by Gasteiger charge is 2.14.